The summed E-state index contributed by atoms with van der Waals surface area (Å²) in [5.74, 6) is 0.893. The summed E-state index contributed by atoms with van der Waals surface area (Å²) >= 11 is 1.74. The monoisotopic (exact) mass is 224 g/mol. The van der Waals surface area contributed by atoms with E-state index in [4.69, 9.17) is 0 Å². The Bertz CT molecular complexity index is 302. The molecule has 1 fully saturated rings. The lowest BCUT2D eigenvalue weighted by Crippen LogP contribution is -2.31. The fraction of sp³-hybridized carbons (Fsp3) is 0.750. The van der Waals surface area contributed by atoms with E-state index in [-0.39, 0.29) is 0 Å². The number of nitrogens with zero attached hydrogens (tertiary/aromatic N) is 1. The largest absolute Gasteiger partial charge is 0.308 e. The minimum Gasteiger partial charge on any atom is -0.308 e. The second kappa shape index (κ2) is 5.08. The average Bonchev–Trinajstić information content (AvgIpc) is 2.84. The van der Waals surface area contributed by atoms with E-state index in [1.54, 1.807) is 11.3 Å². The van der Waals surface area contributed by atoms with Gasteiger partial charge in [-0.3, -0.25) is 0 Å². The molecule has 2 rings (SSSR count). The molecule has 0 aliphatic heterocycles. The molecular formula is C12H20N2S. The molecule has 0 bridgehead atoms. The minimum atomic E-state index is 0.648. The van der Waals surface area contributed by atoms with Crippen LogP contribution in [0.1, 0.15) is 43.3 Å². The van der Waals surface area contributed by atoms with Crippen molar-refractivity contribution in [1.29, 1.82) is 0 Å². The van der Waals surface area contributed by atoms with Crippen LogP contribution in [0.15, 0.2) is 5.38 Å². The standard InChI is InChI=1S/C12H20N2S/c1-9(11-5-3-4-6-11)13-7-12-8-15-10(2)14-12/h8-9,11,13H,3-7H2,1-2H3/t9-/m1/s1. The third-order valence-electron chi connectivity index (χ3n) is 3.38. The van der Waals surface area contributed by atoms with Crippen LogP contribution in [0.2, 0.25) is 0 Å². The second-order valence-corrected chi connectivity index (χ2v) is 5.63. The predicted molar refractivity (Wildman–Crippen MR) is 65.1 cm³/mol. The van der Waals surface area contributed by atoms with E-state index in [1.807, 2.05) is 0 Å². The fourth-order valence-corrected chi connectivity index (χ4v) is 2.99. The van der Waals surface area contributed by atoms with E-state index in [0.717, 1.165) is 12.5 Å². The van der Waals surface area contributed by atoms with Gasteiger partial charge >= 0.3 is 0 Å². The van der Waals surface area contributed by atoms with Crippen LogP contribution in [-0.2, 0) is 6.54 Å². The van der Waals surface area contributed by atoms with Crippen molar-refractivity contribution in [3.8, 4) is 0 Å². The van der Waals surface area contributed by atoms with Crippen LogP contribution in [0, 0.1) is 12.8 Å². The molecule has 0 aromatic carbocycles. The molecular weight excluding hydrogens is 204 g/mol. The lowest BCUT2D eigenvalue weighted by Gasteiger charge is -2.19. The van der Waals surface area contributed by atoms with Crippen LogP contribution in [-0.4, -0.2) is 11.0 Å². The number of aromatic nitrogens is 1. The first-order valence-electron chi connectivity index (χ1n) is 5.90. The molecule has 1 atom stereocenters. The molecule has 84 valence electrons. The van der Waals surface area contributed by atoms with Gasteiger partial charge in [0.05, 0.1) is 10.7 Å². The minimum absolute atomic E-state index is 0.648. The van der Waals surface area contributed by atoms with E-state index in [2.05, 4.69) is 29.5 Å². The first-order valence-corrected chi connectivity index (χ1v) is 6.78. The highest BCUT2D eigenvalue weighted by molar-refractivity contribution is 7.09. The molecule has 15 heavy (non-hydrogen) atoms. The van der Waals surface area contributed by atoms with Gasteiger partial charge in [0, 0.05) is 18.0 Å². The second-order valence-electron chi connectivity index (χ2n) is 4.57. The molecule has 2 nitrogen and oxygen atoms in total. The van der Waals surface area contributed by atoms with Crippen molar-refractivity contribution in [3.63, 3.8) is 0 Å². The van der Waals surface area contributed by atoms with Crippen LogP contribution < -0.4 is 5.32 Å². The van der Waals surface area contributed by atoms with Crippen molar-refractivity contribution in [2.24, 2.45) is 5.92 Å². The maximum absolute atomic E-state index is 4.47. The predicted octanol–water partition coefficient (Wildman–Crippen LogP) is 3.12. The Hall–Kier alpha value is -0.410. The van der Waals surface area contributed by atoms with Gasteiger partial charge < -0.3 is 5.32 Å². The van der Waals surface area contributed by atoms with Crippen LogP contribution >= 0.6 is 11.3 Å². The molecule has 1 aliphatic carbocycles. The van der Waals surface area contributed by atoms with Gasteiger partial charge in [0.2, 0.25) is 0 Å². The van der Waals surface area contributed by atoms with Gasteiger partial charge in [-0.05, 0) is 32.6 Å². The van der Waals surface area contributed by atoms with Crippen molar-refractivity contribution in [2.45, 2.75) is 52.1 Å². The van der Waals surface area contributed by atoms with Gasteiger partial charge in [-0.25, -0.2) is 4.98 Å². The quantitative estimate of drug-likeness (QED) is 0.850. The topological polar surface area (TPSA) is 24.9 Å². The van der Waals surface area contributed by atoms with Crippen LogP contribution in [0.5, 0.6) is 0 Å². The number of nitrogens with one attached hydrogen (secondary N) is 1. The summed E-state index contributed by atoms with van der Waals surface area (Å²) in [4.78, 5) is 4.47. The summed E-state index contributed by atoms with van der Waals surface area (Å²) in [6.07, 6.45) is 5.66. The van der Waals surface area contributed by atoms with Gasteiger partial charge in [0.15, 0.2) is 0 Å². The molecule has 1 heterocycles. The van der Waals surface area contributed by atoms with Crippen LogP contribution in [0.25, 0.3) is 0 Å². The maximum Gasteiger partial charge on any atom is 0.0897 e. The van der Waals surface area contributed by atoms with Crippen molar-refractivity contribution in [2.75, 3.05) is 0 Å². The van der Waals surface area contributed by atoms with Crippen molar-refractivity contribution < 1.29 is 0 Å². The number of hydrogen-bond donors (Lipinski definition) is 1. The summed E-state index contributed by atoms with van der Waals surface area (Å²) < 4.78 is 0. The van der Waals surface area contributed by atoms with Crippen LogP contribution in [0.3, 0.4) is 0 Å². The number of rotatable bonds is 4. The highest BCUT2D eigenvalue weighted by atomic mass is 32.1. The number of hydrogen-bond acceptors (Lipinski definition) is 3. The fourth-order valence-electron chi connectivity index (χ4n) is 2.38. The molecule has 0 unspecified atom stereocenters. The molecule has 0 amide bonds. The Kier molecular flexibility index (Phi) is 3.76. The molecule has 0 spiro atoms. The van der Waals surface area contributed by atoms with Gasteiger partial charge in [0.1, 0.15) is 0 Å². The third-order valence-corrected chi connectivity index (χ3v) is 4.20. The van der Waals surface area contributed by atoms with Crippen molar-refractivity contribution >= 4 is 11.3 Å². The van der Waals surface area contributed by atoms with Crippen molar-refractivity contribution in [3.05, 3.63) is 16.1 Å². The normalized spacial score (nSPS) is 19.6. The van der Waals surface area contributed by atoms with Gasteiger partial charge in [-0.1, -0.05) is 12.8 Å². The average molecular weight is 224 g/mol. The van der Waals surface area contributed by atoms with Gasteiger partial charge in [-0.2, -0.15) is 0 Å². The molecule has 0 saturated heterocycles. The Morgan fingerprint density at radius 2 is 2.27 bits per heavy atom. The zero-order chi connectivity index (χ0) is 10.7. The van der Waals surface area contributed by atoms with E-state index >= 15 is 0 Å². The molecule has 1 aromatic heterocycles. The van der Waals surface area contributed by atoms with E-state index in [0.29, 0.717) is 6.04 Å². The highest BCUT2D eigenvalue weighted by Gasteiger charge is 2.20. The maximum atomic E-state index is 4.47. The molecule has 3 heteroatoms. The van der Waals surface area contributed by atoms with E-state index < -0.39 is 0 Å². The lowest BCUT2D eigenvalue weighted by molar-refractivity contribution is 0.379. The lowest BCUT2D eigenvalue weighted by atomic mass is 10.00. The molecule has 1 N–H and O–H groups in total. The molecule has 1 aromatic rings. The number of aryl methyl sites for hydroxylation is 1. The Balaban J connectivity index is 1.77. The molecule has 1 aliphatic rings. The zero-order valence-electron chi connectivity index (χ0n) is 9.62. The summed E-state index contributed by atoms with van der Waals surface area (Å²) in [5.41, 5.74) is 1.20. The van der Waals surface area contributed by atoms with E-state index in [1.165, 1.54) is 36.4 Å². The number of thiazole rings is 1. The van der Waals surface area contributed by atoms with E-state index in [9.17, 15) is 0 Å². The summed E-state index contributed by atoms with van der Waals surface area (Å²) in [7, 11) is 0. The molecule has 1 saturated carbocycles. The van der Waals surface area contributed by atoms with Gasteiger partial charge in [-0.15, -0.1) is 11.3 Å². The van der Waals surface area contributed by atoms with Crippen molar-refractivity contribution in [1.82, 2.24) is 10.3 Å². The Labute approximate surface area is 96.1 Å². The Morgan fingerprint density at radius 1 is 1.53 bits per heavy atom. The molecule has 0 radical (unpaired) electrons. The SMILES string of the molecule is Cc1nc(CN[C@H](C)C2CCCC2)cs1. The first-order chi connectivity index (χ1) is 7.25. The summed E-state index contributed by atoms with van der Waals surface area (Å²) in [6.45, 7) is 5.31. The summed E-state index contributed by atoms with van der Waals surface area (Å²) in [6, 6.07) is 0.648. The Morgan fingerprint density at radius 3 is 2.87 bits per heavy atom. The summed E-state index contributed by atoms with van der Waals surface area (Å²) in [5, 5.41) is 6.92. The van der Waals surface area contributed by atoms with Gasteiger partial charge in [0.25, 0.3) is 0 Å². The third kappa shape index (κ3) is 3.02. The van der Waals surface area contributed by atoms with Crippen LogP contribution in [0.4, 0.5) is 0 Å². The zero-order valence-corrected chi connectivity index (χ0v) is 10.4. The first kappa shape index (κ1) is 11.1. The highest BCUT2D eigenvalue weighted by Crippen LogP contribution is 2.27. The smallest absolute Gasteiger partial charge is 0.0897 e.